The van der Waals surface area contributed by atoms with Gasteiger partial charge in [0, 0.05) is 19.6 Å². The first-order valence-electron chi connectivity index (χ1n) is 9.28. The number of benzene rings is 1. The number of nitrogens with two attached hydrogens (primary N) is 2. The molecule has 1 aromatic rings. The second-order valence-electron chi connectivity index (χ2n) is 7.20. The summed E-state index contributed by atoms with van der Waals surface area (Å²) >= 11 is 0. The molecule has 5 nitrogen and oxygen atoms in total. The van der Waals surface area contributed by atoms with E-state index in [1.54, 1.807) is 0 Å². The fourth-order valence-electron chi connectivity index (χ4n) is 3.55. The molecular formula is C20H35N3O2. The zero-order valence-corrected chi connectivity index (χ0v) is 16.7. The molecule has 1 amide bonds. The van der Waals surface area contributed by atoms with E-state index in [2.05, 4.69) is 26.1 Å². The molecule has 0 aliphatic heterocycles. The van der Waals surface area contributed by atoms with Gasteiger partial charge < -0.3 is 21.5 Å². The number of amides is 1. The Hall–Kier alpha value is -1.59. The molecule has 0 saturated heterocycles. The summed E-state index contributed by atoms with van der Waals surface area (Å²) in [5.41, 5.74) is 18.9. The van der Waals surface area contributed by atoms with Gasteiger partial charge in [-0.1, -0.05) is 20.8 Å². The standard InChI is InChI=1S/C20H35N3O2/c1-7-13-16(10-21)14(8-2)18(15(9-3)17(13)11-22)12-23-19(24)25-20(4,5)6/h7-12,21-22H2,1-6H3,(H,23,24). The quantitative estimate of drug-likeness (QED) is 0.704. The van der Waals surface area contributed by atoms with Crippen molar-refractivity contribution in [2.24, 2.45) is 11.5 Å². The fraction of sp³-hybridized carbons (Fsp3) is 0.650. The molecule has 0 atom stereocenters. The van der Waals surface area contributed by atoms with Crippen LogP contribution in [0.3, 0.4) is 0 Å². The van der Waals surface area contributed by atoms with Crippen molar-refractivity contribution in [1.82, 2.24) is 5.32 Å². The van der Waals surface area contributed by atoms with Gasteiger partial charge in [0.05, 0.1) is 0 Å². The summed E-state index contributed by atoms with van der Waals surface area (Å²) in [6.45, 7) is 13.4. The van der Waals surface area contributed by atoms with E-state index >= 15 is 0 Å². The van der Waals surface area contributed by atoms with Crippen LogP contribution in [0, 0.1) is 0 Å². The third kappa shape index (κ3) is 5.19. The molecule has 142 valence electrons. The summed E-state index contributed by atoms with van der Waals surface area (Å²) in [5, 5.41) is 2.90. The van der Waals surface area contributed by atoms with Crippen LogP contribution in [-0.4, -0.2) is 11.7 Å². The summed E-state index contributed by atoms with van der Waals surface area (Å²) < 4.78 is 5.37. The van der Waals surface area contributed by atoms with Crippen molar-refractivity contribution in [3.63, 3.8) is 0 Å². The van der Waals surface area contributed by atoms with Gasteiger partial charge in [-0.3, -0.25) is 0 Å². The highest BCUT2D eigenvalue weighted by molar-refractivity contribution is 5.68. The Morgan fingerprint density at radius 1 is 0.840 bits per heavy atom. The number of rotatable bonds is 7. The van der Waals surface area contributed by atoms with Gasteiger partial charge in [-0.2, -0.15) is 0 Å². The van der Waals surface area contributed by atoms with Crippen molar-refractivity contribution >= 4 is 6.09 Å². The smallest absolute Gasteiger partial charge is 0.407 e. The molecule has 0 unspecified atom stereocenters. The Bertz CT molecular complexity index is 571. The van der Waals surface area contributed by atoms with Crippen molar-refractivity contribution in [2.45, 2.75) is 86.0 Å². The summed E-state index contributed by atoms with van der Waals surface area (Å²) in [6, 6.07) is 0. The summed E-state index contributed by atoms with van der Waals surface area (Å²) in [7, 11) is 0. The lowest BCUT2D eigenvalue weighted by atomic mass is 9.83. The van der Waals surface area contributed by atoms with Gasteiger partial charge in [0.25, 0.3) is 0 Å². The minimum Gasteiger partial charge on any atom is -0.444 e. The van der Waals surface area contributed by atoms with E-state index in [0.717, 1.165) is 24.8 Å². The number of hydrogen-bond acceptors (Lipinski definition) is 4. The highest BCUT2D eigenvalue weighted by atomic mass is 16.6. The Morgan fingerprint density at radius 3 is 1.56 bits per heavy atom. The van der Waals surface area contributed by atoms with E-state index in [0.29, 0.717) is 19.6 Å². The van der Waals surface area contributed by atoms with Gasteiger partial charge >= 0.3 is 6.09 Å². The lowest BCUT2D eigenvalue weighted by molar-refractivity contribution is 0.0523. The van der Waals surface area contributed by atoms with Crippen molar-refractivity contribution in [1.29, 1.82) is 0 Å². The summed E-state index contributed by atoms with van der Waals surface area (Å²) in [4.78, 5) is 12.1. The molecular weight excluding hydrogens is 314 g/mol. The van der Waals surface area contributed by atoms with Gasteiger partial charge in [-0.15, -0.1) is 0 Å². The molecule has 1 aromatic carbocycles. The van der Waals surface area contributed by atoms with Gasteiger partial charge in [-0.05, 0) is 73.4 Å². The summed E-state index contributed by atoms with van der Waals surface area (Å²) in [6.07, 6.45) is 2.27. The molecule has 0 fully saturated rings. The Morgan fingerprint density at radius 2 is 1.24 bits per heavy atom. The van der Waals surface area contributed by atoms with Crippen LogP contribution in [0.15, 0.2) is 0 Å². The average molecular weight is 350 g/mol. The number of hydrogen-bond donors (Lipinski definition) is 3. The Balaban J connectivity index is 3.35. The molecule has 25 heavy (non-hydrogen) atoms. The largest absolute Gasteiger partial charge is 0.444 e. The third-order valence-electron chi connectivity index (χ3n) is 4.46. The Kier molecular flexibility index (Phi) is 7.90. The van der Waals surface area contributed by atoms with E-state index in [1.807, 2.05) is 20.8 Å². The van der Waals surface area contributed by atoms with Crippen molar-refractivity contribution in [2.75, 3.05) is 0 Å². The van der Waals surface area contributed by atoms with Gasteiger partial charge in [0.15, 0.2) is 0 Å². The van der Waals surface area contributed by atoms with Crippen molar-refractivity contribution in [3.8, 4) is 0 Å². The van der Waals surface area contributed by atoms with Crippen LogP contribution < -0.4 is 16.8 Å². The van der Waals surface area contributed by atoms with Gasteiger partial charge in [0.2, 0.25) is 0 Å². The molecule has 5 heteroatoms. The number of carbonyl (C=O) groups is 1. The van der Waals surface area contributed by atoms with Crippen molar-refractivity contribution < 1.29 is 9.53 Å². The normalized spacial score (nSPS) is 11.5. The molecule has 0 bridgehead atoms. The second-order valence-corrected chi connectivity index (χ2v) is 7.20. The average Bonchev–Trinajstić information content (AvgIpc) is 2.55. The molecule has 0 saturated carbocycles. The maximum atomic E-state index is 12.1. The van der Waals surface area contributed by atoms with Crippen LogP contribution in [0.2, 0.25) is 0 Å². The minimum atomic E-state index is -0.512. The van der Waals surface area contributed by atoms with E-state index in [1.165, 1.54) is 27.8 Å². The highest BCUT2D eigenvalue weighted by Gasteiger charge is 2.21. The van der Waals surface area contributed by atoms with Crippen LogP contribution in [0.5, 0.6) is 0 Å². The highest BCUT2D eigenvalue weighted by Crippen LogP contribution is 2.30. The number of alkyl carbamates (subject to hydrolysis) is 1. The van der Waals surface area contributed by atoms with E-state index in [9.17, 15) is 4.79 Å². The molecule has 0 aliphatic carbocycles. The third-order valence-corrected chi connectivity index (χ3v) is 4.46. The van der Waals surface area contributed by atoms with Crippen LogP contribution in [0.4, 0.5) is 4.79 Å². The lowest BCUT2D eigenvalue weighted by Crippen LogP contribution is -2.33. The second kappa shape index (κ2) is 9.20. The topological polar surface area (TPSA) is 90.4 Å². The molecule has 0 heterocycles. The maximum Gasteiger partial charge on any atom is 0.407 e. The minimum absolute atomic E-state index is 0.403. The maximum absolute atomic E-state index is 12.1. The predicted octanol–water partition coefficient (Wildman–Crippen LogP) is 3.32. The van der Waals surface area contributed by atoms with Gasteiger partial charge in [0.1, 0.15) is 5.60 Å². The number of carbonyl (C=O) groups excluding carboxylic acids is 1. The summed E-state index contributed by atoms with van der Waals surface area (Å²) in [5.74, 6) is 0. The van der Waals surface area contributed by atoms with Gasteiger partial charge in [-0.25, -0.2) is 4.79 Å². The number of ether oxygens (including phenoxy) is 1. The van der Waals surface area contributed by atoms with Crippen molar-refractivity contribution in [3.05, 3.63) is 33.4 Å². The first-order valence-corrected chi connectivity index (χ1v) is 9.28. The molecule has 5 N–H and O–H groups in total. The molecule has 0 aliphatic rings. The zero-order valence-electron chi connectivity index (χ0n) is 16.7. The van der Waals surface area contributed by atoms with E-state index < -0.39 is 11.7 Å². The predicted molar refractivity (Wildman–Crippen MR) is 103 cm³/mol. The zero-order chi connectivity index (χ0) is 19.2. The number of nitrogens with one attached hydrogen (secondary N) is 1. The van der Waals surface area contributed by atoms with Crippen LogP contribution >= 0.6 is 0 Å². The fourth-order valence-corrected chi connectivity index (χ4v) is 3.55. The van der Waals surface area contributed by atoms with Crippen LogP contribution in [0.25, 0.3) is 0 Å². The Labute approximate surface area is 152 Å². The molecule has 0 radical (unpaired) electrons. The first-order chi connectivity index (χ1) is 11.7. The molecule has 1 rings (SSSR count). The van der Waals surface area contributed by atoms with Crippen LogP contribution in [0.1, 0.15) is 74.9 Å². The molecule has 0 spiro atoms. The first kappa shape index (κ1) is 21.5. The van der Waals surface area contributed by atoms with E-state index in [4.69, 9.17) is 16.2 Å². The SMILES string of the molecule is CCc1c(CN)c(CC)c(CNC(=O)OC(C)(C)C)c(CC)c1CN. The lowest BCUT2D eigenvalue weighted by Gasteiger charge is -2.26. The van der Waals surface area contributed by atoms with E-state index in [-0.39, 0.29) is 0 Å². The van der Waals surface area contributed by atoms with Crippen LogP contribution in [-0.2, 0) is 43.6 Å². The monoisotopic (exact) mass is 349 g/mol. The molecule has 0 aromatic heterocycles.